The zero-order chi connectivity index (χ0) is 13.2. The molecule has 3 heteroatoms. The number of carbonyl (C=O) groups is 1. The highest BCUT2D eigenvalue weighted by atomic mass is 16.5. The molecule has 106 valence electrons. The van der Waals surface area contributed by atoms with Crippen LogP contribution in [0.4, 0.5) is 0 Å². The van der Waals surface area contributed by atoms with Gasteiger partial charge in [-0.3, -0.25) is 4.79 Å². The number of esters is 1. The zero-order valence-electron chi connectivity index (χ0n) is 12.0. The van der Waals surface area contributed by atoms with Crippen LogP contribution < -0.4 is 5.32 Å². The summed E-state index contributed by atoms with van der Waals surface area (Å²) in [5.74, 6) is 0.592. The monoisotopic (exact) mass is 255 g/mol. The van der Waals surface area contributed by atoms with Gasteiger partial charge in [0.2, 0.25) is 0 Å². The van der Waals surface area contributed by atoms with Crippen molar-refractivity contribution < 1.29 is 9.53 Å². The molecule has 0 aliphatic carbocycles. The first-order valence-electron chi connectivity index (χ1n) is 7.66. The second kappa shape index (κ2) is 9.37. The normalized spacial score (nSPS) is 23.2. The van der Waals surface area contributed by atoms with Crippen LogP contribution in [0.3, 0.4) is 0 Å². The summed E-state index contributed by atoms with van der Waals surface area (Å²) in [5.41, 5.74) is 0. The van der Waals surface area contributed by atoms with Gasteiger partial charge in [0.1, 0.15) is 0 Å². The van der Waals surface area contributed by atoms with Crippen LogP contribution in [0, 0.1) is 11.8 Å². The van der Waals surface area contributed by atoms with Crippen LogP contribution in [-0.4, -0.2) is 25.7 Å². The first-order chi connectivity index (χ1) is 8.79. The van der Waals surface area contributed by atoms with Gasteiger partial charge in [0.25, 0.3) is 0 Å². The number of nitrogens with one attached hydrogen (secondary N) is 1. The summed E-state index contributed by atoms with van der Waals surface area (Å²) in [7, 11) is 0. The van der Waals surface area contributed by atoms with E-state index in [4.69, 9.17) is 4.74 Å². The molecule has 0 aromatic rings. The molecule has 0 unspecified atom stereocenters. The van der Waals surface area contributed by atoms with Crippen molar-refractivity contribution in [2.75, 3.05) is 19.7 Å². The summed E-state index contributed by atoms with van der Waals surface area (Å²) in [6, 6.07) is 0. The summed E-state index contributed by atoms with van der Waals surface area (Å²) in [5, 5.41) is 3.32. The van der Waals surface area contributed by atoms with Gasteiger partial charge in [0, 0.05) is 6.54 Å². The fraction of sp³-hybridized carbons (Fsp3) is 0.933. The topological polar surface area (TPSA) is 38.3 Å². The second-order valence-corrected chi connectivity index (χ2v) is 5.33. The molecule has 1 saturated heterocycles. The average Bonchev–Trinajstić information content (AvgIpc) is 2.82. The third kappa shape index (κ3) is 5.38. The quantitative estimate of drug-likeness (QED) is 0.508. The summed E-state index contributed by atoms with van der Waals surface area (Å²) < 4.78 is 5.14. The van der Waals surface area contributed by atoms with Crippen LogP contribution in [-0.2, 0) is 9.53 Å². The molecule has 3 nitrogen and oxygen atoms in total. The highest BCUT2D eigenvalue weighted by molar-refractivity contribution is 5.73. The van der Waals surface area contributed by atoms with E-state index in [1.807, 2.05) is 6.92 Å². The van der Waals surface area contributed by atoms with Crippen molar-refractivity contribution in [2.24, 2.45) is 11.8 Å². The van der Waals surface area contributed by atoms with Gasteiger partial charge >= 0.3 is 5.97 Å². The first kappa shape index (κ1) is 15.5. The summed E-state index contributed by atoms with van der Waals surface area (Å²) >= 11 is 0. The average molecular weight is 255 g/mol. The van der Waals surface area contributed by atoms with Crippen LogP contribution in [0.1, 0.15) is 58.8 Å². The highest BCUT2D eigenvalue weighted by Crippen LogP contribution is 2.24. The standard InChI is InChI=1S/C15H29NO2/c1-3-5-6-7-8-9-10-13-11-16-12-14(13)15(17)18-4-2/h13-14,16H,3-12H2,1-2H3/t13-,14-/m1/s1. The van der Waals surface area contributed by atoms with E-state index in [0.717, 1.165) is 13.1 Å². The second-order valence-electron chi connectivity index (χ2n) is 5.33. The number of hydrogen-bond acceptors (Lipinski definition) is 3. The largest absolute Gasteiger partial charge is 0.466 e. The number of hydrogen-bond donors (Lipinski definition) is 1. The van der Waals surface area contributed by atoms with Crippen molar-refractivity contribution >= 4 is 5.97 Å². The van der Waals surface area contributed by atoms with Crippen LogP contribution in [0.2, 0.25) is 0 Å². The summed E-state index contributed by atoms with van der Waals surface area (Å²) in [6.45, 7) is 6.41. The molecule has 1 heterocycles. The molecule has 0 spiro atoms. The van der Waals surface area contributed by atoms with E-state index in [2.05, 4.69) is 12.2 Å². The molecule has 1 aliphatic rings. The maximum Gasteiger partial charge on any atom is 0.310 e. The fourth-order valence-electron chi connectivity index (χ4n) is 2.75. The molecule has 18 heavy (non-hydrogen) atoms. The minimum absolute atomic E-state index is 0.00140. The first-order valence-corrected chi connectivity index (χ1v) is 7.66. The van der Waals surface area contributed by atoms with Crippen molar-refractivity contribution in [3.63, 3.8) is 0 Å². The SMILES string of the molecule is CCCCCCCC[C@@H]1CNC[C@H]1C(=O)OCC. The Morgan fingerprint density at radius 1 is 1.11 bits per heavy atom. The maximum atomic E-state index is 11.8. The van der Waals surface area contributed by atoms with Crippen molar-refractivity contribution in [3.8, 4) is 0 Å². The van der Waals surface area contributed by atoms with Gasteiger partial charge < -0.3 is 10.1 Å². The van der Waals surface area contributed by atoms with Gasteiger partial charge in [0.05, 0.1) is 12.5 Å². The lowest BCUT2D eigenvalue weighted by Gasteiger charge is -2.16. The van der Waals surface area contributed by atoms with Crippen LogP contribution in [0.25, 0.3) is 0 Å². The molecule has 1 aliphatic heterocycles. The number of ether oxygens (including phenoxy) is 1. The smallest absolute Gasteiger partial charge is 0.310 e. The molecule has 2 atom stereocenters. The van der Waals surface area contributed by atoms with Crippen LogP contribution in [0.5, 0.6) is 0 Å². The third-order valence-corrected chi connectivity index (χ3v) is 3.86. The molecule has 1 N–H and O–H groups in total. The molecule has 0 aromatic carbocycles. The van der Waals surface area contributed by atoms with E-state index in [1.54, 1.807) is 0 Å². The Bertz CT molecular complexity index is 231. The molecule has 0 aromatic heterocycles. The molecule has 0 radical (unpaired) electrons. The summed E-state index contributed by atoms with van der Waals surface area (Å²) in [4.78, 5) is 11.8. The highest BCUT2D eigenvalue weighted by Gasteiger charge is 2.33. The molecular formula is C15H29NO2. The molecule has 1 fully saturated rings. The lowest BCUT2D eigenvalue weighted by Crippen LogP contribution is -2.25. The molecule has 1 rings (SSSR count). The molecule has 0 amide bonds. The van der Waals surface area contributed by atoms with Crippen molar-refractivity contribution in [1.29, 1.82) is 0 Å². The lowest BCUT2D eigenvalue weighted by molar-refractivity contribution is -0.148. The predicted molar refractivity (Wildman–Crippen MR) is 74.5 cm³/mol. The Hall–Kier alpha value is -0.570. The maximum absolute atomic E-state index is 11.8. The van der Waals surface area contributed by atoms with Gasteiger partial charge in [-0.25, -0.2) is 0 Å². The van der Waals surface area contributed by atoms with E-state index in [1.165, 1.54) is 44.9 Å². The Morgan fingerprint density at radius 3 is 2.56 bits per heavy atom. The van der Waals surface area contributed by atoms with Gasteiger partial charge in [-0.1, -0.05) is 45.4 Å². The third-order valence-electron chi connectivity index (χ3n) is 3.86. The number of unbranched alkanes of at least 4 members (excludes halogenated alkanes) is 5. The van der Waals surface area contributed by atoms with E-state index < -0.39 is 0 Å². The van der Waals surface area contributed by atoms with Crippen LogP contribution in [0.15, 0.2) is 0 Å². The van der Waals surface area contributed by atoms with Gasteiger partial charge in [-0.05, 0) is 25.8 Å². The minimum atomic E-state index is -0.00140. The van der Waals surface area contributed by atoms with Crippen molar-refractivity contribution in [3.05, 3.63) is 0 Å². The Balaban J connectivity index is 2.14. The molecule has 0 saturated carbocycles. The predicted octanol–water partition coefficient (Wildman–Crippen LogP) is 3.14. The lowest BCUT2D eigenvalue weighted by atomic mass is 9.90. The van der Waals surface area contributed by atoms with Crippen molar-refractivity contribution in [2.45, 2.75) is 58.8 Å². The number of carbonyl (C=O) groups excluding carboxylic acids is 1. The Kier molecular flexibility index (Phi) is 8.06. The molecule has 0 bridgehead atoms. The van der Waals surface area contributed by atoms with Crippen LogP contribution >= 0.6 is 0 Å². The van der Waals surface area contributed by atoms with E-state index in [0.29, 0.717) is 12.5 Å². The minimum Gasteiger partial charge on any atom is -0.466 e. The van der Waals surface area contributed by atoms with Crippen molar-refractivity contribution in [1.82, 2.24) is 5.32 Å². The fourth-order valence-corrected chi connectivity index (χ4v) is 2.75. The Morgan fingerprint density at radius 2 is 1.83 bits per heavy atom. The Labute approximate surface area is 112 Å². The van der Waals surface area contributed by atoms with Gasteiger partial charge in [0.15, 0.2) is 0 Å². The van der Waals surface area contributed by atoms with Gasteiger partial charge in [-0.15, -0.1) is 0 Å². The van der Waals surface area contributed by atoms with E-state index in [9.17, 15) is 4.79 Å². The zero-order valence-corrected chi connectivity index (χ0v) is 12.0. The van der Waals surface area contributed by atoms with E-state index in [-0.39, 0.29) is 11.9 Å². The van der Waals surface area contributed by atoms with E-state index >= 15 is 0 Å². The van der Waals surface area contributed by atoms with Gasteiger partial charge in [-0.2, -0.15) is 0 Å². The summed E-state index contributed by atoms with van der Waals surface area (Å²) in [6.07, 6.45) is 9.10. The molecular weight excluding hydrogens is 226 g/mol. The number of rotatable bonds is 9.